The Morgan fingerprint density at radius 2 is 2.27 bits per heavy atom. The molecule has 1 aromatic carbocycles. The highest BCUT2D eigenvalue weighted by Crippen LogP contribution is 2.30. The highest BCUT2D eigenvalue weighted by atomic mass is 35.5. The molecule has 15 heavy (non-hydrogen) atoms. The minimum atomic E-state index is 0.823. The predicted molar refractivity (Wildman–Crippen MR) is 67.0 cm³/mol. The van der Waals surface area contributed by atoms with Crippen LogP contribution in [0.15, 0.2) is 12.1 Å². The molecule has 2 aromatic rings. The second kappa shape index (κ2) is 4.47. The van der Waals surface area contributed by atoms with Gasteiger partial charge in [0.15, 0.2) is 0 Å². The van der Waals surface area contributed by atoms with Gasteiger partial charge < -0.3 is 5.32 Å². The molecule has 0 unspecified atom stereocenters. The summed E-state index contributed by atoms with van der Waals surface area (Å²) in [4.78, 5) is 0. The van der Waals surface area contributed by atoms with Gasteiger partial charge in [0, 0.05) is 5.39 Å². The monoisotopic (exact) mass is 240 g/mol. The van der Waals surface area contributed by atoms with E-state index in [1.807, 2.05) is 20.0 Å². The van der Waals surface area contributed by atoms with Crippen LogP contribution in [0, 0.1) is 6.92 Å². The zero-order valence-corrected chi connectivity index (χ0v) is 10.4. The molecule has 0 aliphatic rings. The molecule has 0 bridgehead atoms. The molecule has 0 saturated carbocycles. The number of aromatic nitrogens is 1. The first-order valence-electron chi connectivity index (χ1n) is 4.91. The van der Waals surface area contributed by atoms with E-state index in [0.29, 0.717) is 0 Å². The van der Waals surface area contributed by atoms with Crippen molar-refractivity contribution in [2.24, 2.45) is 0 Å². The van der Waals surface area contributed by atoms with E-state index in [-0.39, 0.29) is 0 Å². The van der Waals surface area contributed by atoms with Crippen molar-refractivity contribution in [2.75, 3.05) is 13.6 Å². The summed E-state index contributed by atoms with van der Waals surface area (Å²) in [5, 5.41) is 5.15. The average Bonchev–Trinajstić information content (AvgIpc) is 2.58. The number of benzene rings is 1. The van der Waals surface area contributed by atoms with Crippen LogP contribution in [0.25, 0.3) is 10.1 Å². The second-order valence-corrected chi connectivity index (χ2v) is 4.76. The molecule has 0 saturated heterocycles. The summed E-state index contributed by atoms with van der Waals surface area (Å²) < 4.78 is 5.42. The quantitative estimate of drug-likeness (QED) is 0.892. The second-order valence-electron chi connectivity index (χ2n) is 3.58. The van der Waals surface area contributed by atoms with Crippen LogP contribution in [0.5, 0.6) is 0 Å². The molecule has 2 nitrogen and oxygen atoms in total. The van der Waals surface area contributed by atoms with Crippen molar-refractivity contribution in [2.45, 2.75) is 13.3 Å². The molecule has 0 fully saturated rings. The zero-order valence-electron chi connectivity index (χ0n) is 8.80. The Kier molecular flexibility index (Phi) is 3.24. The van der Waals surface area contributed by atoms with Gasteiger partial charge in [-0.3, -0.25) is 0 Å². The van der Waals surface area contributed by atoms with Crippen LogP contribution in [0.3, 0.4) is 0 Å². The Hall–Kier alpha value is -0.640. The number of hydrogen-bond donors (Lipinski definition) is 1. The van der Waals surface area contributed by atoms with Crippen LogP contribution in [0.4, 0.5) is 0 Å². The van der Waals surface area contributed by atoms with E-state index in [4.69, 9.17) is 11.6 Å². The topological polar surface area (TPSA) is 24.9 Å². The first kappa shape index (κ1) is 10.9. The van der Waals surface area contributed by atoms with Gasteiger partial charge in [0.25, 0.3) is 0 Å². The lowest BCUT2D eigenvalue weighted by molar-refractivity contribution is 0.792. The molecule has 0 spiro atoms. The van der Waals surface area contributed by atoms with Crippen LogP contribution >= 0.6 is 23.1 Å². The van der Waals surface area contributed by atoms with Gasteiger partial charge in [-0.05, 0) is 56.2 Å². The third-order valence-electron chi connectivity index (χ3n) is 2.43. The molecule has 2 rings (SSSR count). The highest BCUT2D eigenvalue weighted by molar-refractivity contribution is 7.14. The summed E-state index contributed by atoms with van der Waals surface area (Å²) in [5.74, 6) is 0. The number of halogens is 1. The van der Waals surface area contributed by atoms with Crippen molar-refractivity contribution in [3.63, 3.8) is 0 Å². The maximum Gasteiger partial charge on any atom is 0.0739 e. The number of rotatable bonds is 3. The Morgan fingerprint density at radius 3 is 3.00 bits per heavy atom. The van der Waals surface area contributed by atoms with Gasteiger partial charge in [-0.25, -0.2) is 0 Å². The highest BCUT2D eigenvalue weighted by Gasteiger charge is 2.07. The number of nitrogens with one attached hydrogen (secondary N) is 1. The number of nitrogens with zero attached hydrogens (tertiary/aromatic N) is 1. The third kappa shape index (κ3) is 2.14. The third-order valence-corrected chi connectivity index (χ3v) is 3.83. The molecule has 0 aliphatic carbocycles. The fourth-order valence-electron chi connectivity index (χ4n) is 1.59. The molecule has 80 valence electrons. The molecular weight excluding hydrogens is 228 g/mol. The lowest BCUT2D eigenvalue weighted by Crippen LogP contribution is -2.10. The standard InChI is InChI=1S/C11H13ClN2S/c1-7-9-5-8(3-4-13-2)6-10(12)11(9)15-14-7/h5-6,13H,3-4H2,1-2H3. The van der Waals surface area contributed by atoms with Crippen molar-refractivity contribution in [3.8, 4) is 0 Å². The molecule has 1 aromatic heterocycles. The summed E-state index contributed by atoms with van der Waals surface area (Å²) >= 11 is 7.68. The van der Waals surface area contributed by atoms with E-state index < -0.39 is 0 Å². The van der Waals surface area contributed by atoms with E-state index in [2.05, 4.69) is 15.8 Å². The molecular formula is C11H13ClN2S. The molecule has 0 radical (unpaired) electrons. The smallest absolute Gasteiger partial charge is 0.0739 e. The molecule has 0 atom stereocenters. The van der Waals surface area contributed by atoms with Gasteiger partial charge in [-0.1, -0.05) is 11.6 Å². The lowest BCUT2D eigenvalue weighted by Gasteiger charge is -2.02. The molecule has 1 heterocycles. The van der Waals surface area contributed by atoms with Crippen LogP contribution in [-0.2, 0) is 6.42 Å². The SMILES string of the molecule is CNCCc1cc(Cl)c2snc(C)c2c1. The van der Waals surface area contributed by atoms with Gasteiger partial charge in [-0.15, -0.1) is 0 Å². The first-order valence-corrected chi connectivity index (χ1v) is 6.06. The summed E-state index contributed by atoms with van der Waals surface area (Å²) in [6, 6.07) is 4.23. The normalized spacial score (nSPS) is 11.1. The lowest BCUT2D eigenvalue weighted by atomic mass is 10.1. The molecule has 0 amide bonds. The van der Waals surface area contributed by atoms with Crippen LogP contribution in [-0.4, -0.2) is 18.0 Å². The summed E-state index contributed by atoms with van der Waals surface area (Å²) in [5.41, 5.74) is 2.34. The first-order chi connectivity index (χ1) is 7.22. The fraction of sp³-hybridized carbons (Fsp3) is 0.364. The van der Waals surface area contributed by atoms with Crippen LogP contribution < -0.4 is 5.32 Å². The zero-order chi connectivity index (χ0) is 10.8. The number of aryl methyl sites for hydroxylation is 1. The number of likely N-dealkylation sites (N-methyl/N-ethyl adjacent to an activating group) is 1. The number of fused-ring (bicyclic) bond motifs is 1. The van der Waals surface area contributed by atoms with Crippen LogP contribution in [0.2, 0.25) is 5.02 Å². The Morgan fingerprint density at radius 1 is 1.47 bits per heavy atom. The Labute approximate surface area is 98.4 Å². The molecule has 1 N–H and O–H groups in total. The number of hydrogen-bond acceptors (Lipinski definition) is 3. The fourth-order valence-corrected chi connectivity index (χ4v) is 2.71. The Balaban J connectivity index is 2.45. The minimum absolute atomic E-state index is 0.823. The van der Waals surface area contributed by atoms with E-state index in [1.165, 1.54) is 22.5 Å². The van der Waals surface area contributed by atoms with Crippen molar-refractivity contribution in [1.82, 2.24) is 9.69 Å². The average molecular weight is 241 g/mol. The largest absolute Gasteiger partial charge is 0.319 e. The molecule has 4 heteroatoms. The summed E-state index contributed by atoms with van der Waals surface area (Å²) in [6.07, 6.45) is 1.00. The summed E-state index contributed by atoms with van der Waals surface area (Å²) in [7, 11) is 1.96. The van der Waals surface area contributed by atoms with E-state index in [9.17, 15) is 0 Å². The molecule has 0 aliphatic heterocycles. The van der Waals surface area contributed by atoms with Gasteiger partial charge in [0.1, 0.15) is 0 Å². The van der Waals surface area contributed by atoms with E-state index in [0.717, 1.165) is 28.4 Å². The van der Waals surface area contributed by atoms with Crippen LogP contribution in [0.1, 0.15) is 11.3 Å². The summed E-state index contributed by atoms with van der Waals surface area (Å²) in [6.45, 7) is 3.00. The maximum atomic E-state index is 6.20. The van der Waals surface area contributed by atoms with Gasteiger partial charge in [0.2, 0.25) is 0 Å². The van der Waals surface area contributed by atoms with E-state index in [1.54, 1.807) is 0 Å². The van der Waals surface area contributed by atoms with Gasteiger partial charge in [0.05, 0.1) is 15.4 Å². The maximum absolute atomic E-state index is 6.20. The van der Waals surface area contributed by atoms with E-state index >= 15 is 0 Å². The van der Waals surface area contributed by atoms with Gasteiger partial charge in [-0.2, -0.15) is 4.37 Å². The van der Waals surface area contributed by atoms with Crippen molar-refractivity contribution < 1.29 is 0 Å². The Bertz CT molecular complexity index is 479. The van der Waals surface area contributed by atoms with Crippen molar-refractivity contribution in [3.05, 3.63) is 28.4 Å². The predicted octanol–water partition coefficient (Wildman–Crippen LogP) is 3.02. The van der Waals surface area contributed by atoms with Crippen molar-refractivity contribution >= 4 is 33.2 Å². The van der Waals surface area contributed by atoms with Crippen molar-refractivity contribution in [1.29, 1.82) is 0 Å². The van der Waals surface area contributed by atoms with Gasteiger partial charge >= 0.3 is 0 Å². The minimum Gasteiger partial charge on any atom is -0.319 e.